The summed E-state index contributed by atoms with van der Waals surface area (Å²) in [5.41, 5.74) is 0.519. The van der Waals surface area contributed by atoms with Gasteiger partial charge in [0.25, 0.3) is 0 Å². The predicted molar refractivity (Wildman–Crippen MR) is 80.5 cm³/mol. The van der Waals surface area contributed by atoms with E-state index >= 15 is 0 Å². The van der Waals surface area contributed by atoms with Gasteiger partial charge in [-0.05, 0) is 44.0 Å². The van der Waals surface area contributed by atoms with Gasteiger partial charge in [0.2, 0.25) is 0 Å². The van der Waals surface area contributed by atoms with Crippen molar-refractivity contribution in [2.45, 2.75) is 38.5 Å². The Morgan fingerprint density at radius 1 is 1.05 bits per heavy atom. The van der Waals surface area contributed by atoms with Crippen molar-refractivity contribution in [2.75, 3.05) is 18.1 Å². The zero-order chi connectivity index (χ0) is 14.3. The van der Waals surface area contributed by atoms with Crippen LogP contribution in [0.15, 0.2) is 29.2 Å². The number of thiol groups is 1. The topological polar surface area (TPSA) is 43.4 Å². The monoisotopic (exact) mass is 284 g/mol. The maximum atomic E-state index is 12.9. The van der Waals surface area contributed by atoms with Crippen LogP contribution in [0.2, 0.25) is 0 Å². The van der Waals surface area contributed by atoms with Crippen LogP contribution in [-0.2, 0) is 14.7 Å². The van der Waals surface area contributed by atoms with Crippen LogP contribution in [0, 0.1) is 0 Å². The van der Waals surface area contributed by atoms with Crippen LogP contribution in [0.1, 0.15) is 44.0 Å². The van der Waals surface area contributed by atoms with Crippen molar-refractivity contribution in [3.63, 3.8) is 0 Å². The molecule has 0 spiro atoms. The molecule has 0 saturated heterocycles. The van der Waals surface area contributed by atoms with E-state index < -0.39 is 9.93 Å². The number of carbonyl (C=O) groups is 1. The summed E-state index contributed by atoms with van der Waals surface area (Å²) < 4.78 is 17.8. The number of esters is 1. The van der Waals surface area contributed by atoms with E-state index in [1.165, 1.54) is 0 Å². The summed E-state index contributed by atoms with van der Waals surface area (Å²) >= 11 is 0. The van der Waals surface area contributed by atoms with Gasteiger partial charge in [0.15, 0.2) is 0 Å². The summed E-state index contributed by atoms with van der Waals surface area (Å²) in [4.78, 5) is 12.4. The quantitative estimate of drug-likeness (QED) is 0.618. The van der Waals surface area contributed by atoms with Crippen LogP contribution >= 0.6 is 0 Å². The van der Waals surface area contributed by atoms with Gasteiger partial charge in [-0.15, -0.1) is 0 Å². The highest BCUT2D eigenvalue weighted by Crippen LogP contribution is 2.22. The van der Waals surface area contributed by atoms with Crippen molar-refractivity contribution < 1.29 is 13.7 Å². The average Bonchev–Trinajstić information content (AvgIpc) is 2.40. The molecule has 4 heteroatoms. The summed E-state index contributed by atoms with van der Waals surface area (Å²) in [6.07, 6.45) is 1.83. The van der Waals surface area contributed by atoms with E-state index in [-0.39, 0.29) is 5.97 Å². The minimum absolute atomic E-state index is 0.324. The minimum atomic E-state index is -2.29. The molecule has 19 heavy (non-hydrogen) atoms. The molecule has 0 amide bonds. The molecule has 3 nitrogen and oxygen atoms in total. The van der Waals surface area contributed by atoms with E-state index in [4.69, 9.17) is 4.74 Å². The standard InChI is InChI=1S/C15H24O3S/c1-4-11-19(17,12-5-2)14-9-7-13(8-10-14)15(16)18-6-3/h7-10,19H,4-6,11-12H2,1-3H3. The third-order valence-corrected chi connectivity index (χ3v) is 6.60. The van der Waals surface area contributed by atoms with Gasteiger partial charge in [-0.25, -0.2) is 4.79 Å². The van der Waals surface area contributed by atoms with Gasteiger partial charge < -0.3 is 4.74 Å². The lowest BCUT2D eigenvalue weighted by Gasteiger charge is -2.23. The van der Waals surface area contributed by atoms with E-state index in [9.17, 15) is 9.00 Å². The molecule has 0 radical (unpaired) electrons. The maximum Gasteiger partial charge on any atom is 0.338 e. The van der Waals surface area contributed by atoms with E-state index in [0.717, 1.165) is 29.2 Å². The zero-order valence-corrected chi connectivity index (χ0v) is 12.9. The molecule has 0 aliphatic carbocycles. The normalized spacial score (nSPS) is 12.2. The summed E-state index contributed by atoms with van der Waals surface area (Å²) in [6, 6.07) is 7.06. The molecule has 0 aliphatic heterocycles. The molecule has 0 unspecified atom stereocenters. The summed E-state index contributed by atoms with van der Waals surface area (Å²) in [7, 11) is -2.29. The molecule has 1 aromatic carbocycles. The Kier molecular flexibility index (Phi) is 6.22. The fourth-order valence-electron chi connectivity index (χ4n) is 2.18. The molecule has 0 bridgehead atoms. The van der Waals surface area contributed by atoms with Crippen LogP contribution < -0.4 is 0 Å². The molecular weight excluding hydrogens is 260 g/mol. The van der Waals surface area contributed by atoms with Crippen LogP contribution in [0.3, 0.4) is 0 Å². The minimum Gasteiger partial charge on any atom is -0.462 e. The highest BCUT2D eigenvalue weighted by Gasteiger charge is 2.17. The van der Waals surface area contributed by atoms with E-state index in [0.29, 0.717) is 12.2 Å². The number of hydrogen-bond donors (Lipinski definition) is 1. The molecule has 0 N–H and O–H groups in total. The molecular formula is C15H24O3S. The lowest BCUT2D eigenvalue weighted by atomic mass is 10.2. The molecule has 108 valence electrons. The molecule has 0 atom stereocenters. The Morgan fingerprint density at radius 2 is 1.58 bits per heavy atom. The number of ether oxygens (including phenoxy) is 1. The molecule has 0 heterocycles. The second-order valence-corrected chi connectivity index (χ2v) is 7.79. The number of benzene rings is 1. The van der Waals surface area contributed by atoms with Crippen LogP contribution in [0.25, 0.3) is 0 Å². The first-order chi connectivity index (χ1) is 9.07. The van der Waals surface area contributed by atoms with E-state index in [1.807, 2.05) is 12.1 Å². The van der Waals surface area contributed by atoms with Gasteiger partial charge in [-0.2, -0.15) is 0 Å². The molecule has 0 fully saturated rings. The van der Waals surface area contributed by atoms with Gasteiger partial charge >= 0.3 is 5.97 Å². The lowest BCUT2D eigenvalue weighted by Crippen LogP contribution is -2.21. The Morgan fingerprint density at radius 3 is 2.00 bits per heavy atom. The Bertz CT molecular complexity index is 441. The van der Waals surface area contributed by atoms with E-state index in [1.54, 1.807) is 19.1 Å². The largest absolute Gasteiger partial charge is 0.462 e. The van der Waals surface area contributed by atoms with Crippen LogP contribution in [0.4, 0.5) is 0 Å². The van der Waals surface area contributed by atoms with E-state index in [2.05, 4.69) is 13.8 Å². The Hall–Kier alpha value is -1.16. The van der Waals surface area contributed by atoms with Crippen molar-refractivity contribution in [2.24, 2.45) is 0 Å². The van der Waals surface area contributed by atoms with Crippen molar-refractivity contribution >= 4 is 15.9 Å². The first kappa shape index (κ1) is 15.9. The van der Waals surface area contributed by atoms with Crippen LogP contribution in [-0.4, -0.2) is 28.3 Å². The fourth-order valence-corrected chi connectivity index (χ4v) is 5.05. The second kappa shape index (κ2) is 7.43. The fraction of sp³-hybridized carbons (Fsp3) is 0.533. The van der Waals surface area contributed by atoms with Crippen molar-refractivity contribution in [3.05, 3.63) is 29.8 Å². The zero-order valence-electron chi connectivity index (χ0n) is 12.0. The number of rotatable bonds is 7. The van der Waals surface area contributed by atoms with Crippen molar-refractivity contribution in [1.82, 2.24) is 0 Å². The summed E-state index contributed by atoms with van der Waals surface area (Å²) in [6.45, 7) is 6.25. The number of carbonyl (C=O) groups excluding carboxylic acids is 1. The highest BCUT2D eigenvalue weighted by atomic mass is 32.2. The van der Waals surface area contributed by atoms with Gasteiger partial charge in [0, 0.05) is 16.4 Å². The van der Waals surface area contributed by atoms with Gasteiger partial charge in [-0.1, -0.05) is 23.8 Å². The Balaban J connectivity index is 2.95. The average molecular weight is 284 g/mol. The molecule has 1 rings (SSSR count). The highest BCUT2D eigenvalue weighted by molar-refractivity contribution is 8.03. The molecule has 0 saturated carbocycles. The SMILES string of the molecule is CCC[SH](=O)(CCC)c1ccc(C(=O)OCC)cc1. The third kappa shape index (κ3) is 4.16. The van der Waals surface area contributed by atoms with Gasteiger partial charge in [-0.3, -0.25) is 4.21 Å². The third-order valence-electron chi connectivity index (χ3n) is 3.02. The molecule has 0 aromatic heterocycles. The first-order valence-corrected chi connectivity index (χ1v) is 9.01. The second-order valence-electron chi connectivity index (χ2n) is 4.60. The van der Waals surface area contributed by atoms with Crippen molar-refractivity contribution in [1.29, 1.82) is 0 Å². The summed E-state index contributed by atoms with van der Waals surface area (Å²) in [5, 5.41) is 0. The lowest BCUT2D eigenvalue weighted by molar-refractivity contribution is 0.0526. The van der Waals surface area contributed by atoms with Gasteiger partial charge in [0.1, 0.15) is 0 Å². The maximum absolute atomic E-state index is 12.9. The van der Waals surface area contributed by atoms with Gasteiger partial charge in [0.05, 0.1) is 12.2 Å². The summed E-state index contributed by atoms with van der Waals surface area (Å²) in [5.74, 6) is 1.15. The van der Waals surface area contributed by atoms with Crippen LogP contribution in [0.5, 0.6) is 0 Å². The molecule has 1 aromatic rings. The predicted octanol–water partition coefficient (Wildman–Crippen LogP) is 3.06. The molecule has 0 aliphatic rings. The first-order valence-electron chi connectivity index (χ1n) is 6.93. The number of hydrogen-bond acceptors (Lipinski definition) is 3. The van der Waals surface area contributed by atoms with Crippen molar-refractivity contribution in [3.8, 4) is 0 Å². The Labute approximate surface area is 116 Å². The smallest absolute Gasteiger partial charge is 0.338 e.